The first kappa shape index (κ1) is 18.8. The average molecular weight is 369 g/mol. The molecule has 0 fully saturated rings. The number of hydrogen-bond acceptors (Lipinski definition) is 4. The van der Waals surface area contributed by atoms with Gasteiger partial charge in [-0.1, -0.05) is 31.2 Å². The predicted octanol–water partition coefficient (Wildman–Crippen LogP) is 4.53. The van der Waals surface area contributed by atoms with Crippen LogP contribution in [0.1, 0.15) is 0 Å². The second-order valence-corrected chi connectivity index (χ2v) is 12.8. The van der Waals surface area contributed by atoms with E-state index in [0.29, 0.717) is 23.5 Å². The van der Waals surface area contributed by atoms with E-state index >= 15 is 0 Å². The lowest BCUT2D eigenvalue weighted by molar-refractivity contribution is 0.0875. The second kappa shape index (κ2) is 8.05. The maximum atomic E-state index is 6.00. The molecule has 5 nitrogen and oxygen atoms in total. The van der Waals surface area contributed by atoms with Crippen LogP contribution >= 0.6 is 11.6 Å². The molecule has 0 amide bonds. The maximum Gasteiger partial charge on any atom is 0.226 e. The van der Waals surface area contributed by atoms with Crippen LogP contribution in [0, 0.1) is 0 Å². The summed E-state index contributed by atoms with van der Waals surface area (Å²) in [6.07, 6.45) is 3.96. The number of rotatable bonds is 8. The van der Waals surface area contributed by atoms with E-state index in [9.17, 15) is 0 Å². The molecule has 0 radical (unpaired) electrons. The van der Waals surface area contributed by atoms with Crippen molar-refractivity contribution in [3.63, 3.8) is 0 Å². The highest BCUT2D eigenvalue weighted by Crippen LogP contribution is 2.38. The molecule has 0 aliphatic rings. The number of nitrogens with zero attached hydrogens (tertiary/aromatic N) is 2. The zero-order chi connectivity index (χ0) is 17.7. The Labute approximate surface area is 149 Å². The number of methoxy groups -OCH3 is 2. The number of hydrogen-bond donors (Lipinski definition) is 0. The standard InChI is InChI=1S/C17H25ClN2O3Si/c1-21-14-10-15(18)19-17(22-2)16(14)13-6-7-20(11-13)12-23-8-9-24(3,4)5/h6-7,10-11H,8-9,12H2,1-5H3. The van der Waals surface area contributed by atoms with Crippen molar-refractivity contribution in [2.24, 2.45) is 0 Å². The lowest BCUT2D eigenvalue weighted by Crippen LogP contribution is -2.21. The van der Waals surface area contributed by atoms with Crippen molar-refractivity contribution < 1.29 is 14.2 Å². The summed E-state index contributed by atoms with van der Waals surface area (Å²) in [5, 5.41) is 0.335. The average Bonchev–Trinajstić information content (AvgIpc) is 2.98. The third kappa shape index (κ3) is 4.99. The van der Waals surface area contributed by atoms with Crippen LogP contribution < -0.4 is 9.47 Å². The SMILES string of the molecule is COc1cc(Cl)nc(OC)c1-c1ccn(COCC[Si](C)(C)C)c1. The topological polar surface area (TPSA) is 45.5 Å². The number of aromatic nitrogens is 2. The monoisotopic (exact) mass is 368 g/mol. The van der Waals surface area contributed by atoms with Gasteiger partial charge in [0.05, 0.1) is 19.8 Å². The smallest absolute Gasteiger partial charge is 0.226 e. The Hall–Kier alpha value is -1.50. The summed E-state index contributed by atoms with van der Waals surface area (Å²) in [7, 11) is 2.11. The van der Waals surface area contributed by atoms with E-state index < -0.39 is 8.07 Å². The first-order valence-corrected chi connectivity index (χ1v) is 11.9. The van der Waals surface area contributed by atoms with Crippen LogP contribution in [0.15, 0.2) is 24.5 Å². The lowest BCUT2D eigenvalue weighted by atomic mass is 10.1. The van der Waals surface area contributed by atoms with Gasteiger partial charge < -0.3 is 18.8 Å². The highest BCUT2D eigenvalue weighted by Gasteiger charge is 2.17. The quantitative estimate of drug-likeness (QED) is 0.390. The Morgan fingerprint density at radius 1 is 1.21 bits per heavy atom. The third-order valence-electron chi connectivity index (χ3n) is 3.61. The zero-order valence-electron chi connectivity index (χ0n) is 14.9. The largest absolute Gasteiger partial charge is 0.496 e. The summed E-state index contributed by atoms with van der Waals surface area (Å²) in [5.41, 5.74) is 1.73. The van der Waals surface area contributed by atoms with Gasteiger partial charge in [0.2, 0.25) is 5.88 Å². The van der Waals surface area contributed by atoms with Gasteiger partial charge in [-0.3, -0.25) is 0 Å². The predicted molar refractivity (Wildman–Crippen MR) is 99.9 cm³/mol. The molecule has 24 heavy (non-hydrogen) atoms. The third-order valence-corrected chi connectivity index (χ3v) is 5.51. The van der Waals surface area contributed by atoms with E-state index in [0.717, 1.165) is 23.8 Å². The molecule has 7 heteroatoms. The minimum Gasteiger partial charge on any atom is -0.496 e. The van der Waals surface area contributed by atoms with Crippen molar-refractivity contribution in [3.05, 3.63) is 29.7 Å². The fraction of sp³-hybridized carbons (Fsp3) is 0.471. The molecule has 2 rings (SSSR count). The molecule has 0 aliphatic carbocycles. The molecule has 0 bridgehead atoms. The minimum atomic E-state index is -1.06. The highest BCUT2D eigenvalue weighted by atomic mass is 35.5. The summed E-state index contributed by atoms with van der Waals surface area (Å²) in [6, 6.07) is 4.82. The van der Waals surface area contributed by atoms with Crippen LogP contribution in [-0.4, -0.2) is 38.5 Å². The Bertz CT molecular complexity index is 658. The van der Waals surface area contributed by atoms with Crippen molar-refractivity contribution in [2.75, 3.05) is 20.8 Å². The number of halogens is 1. The number of ether oxygens (including phenoxy) is 3. The van der Waals surface area contributed by atoms with Gasteiger partial charge in [-0.15, -0.1) is 0 Å². The summed E-state index contributed by atoms with van der Waals surface area (Å²) in [4.78, 5) is 4.22. The summed E-state index contributed by atoms with van der Waals surface area (Å²) in [5.74, 6) is 1.07. The fourth-order valence-electron chi connectivity index (χ4n) is 2.26. The Morgan fingerprint density at radius 2 is 1.96 bits per heavy atom. The Kier molecular flexibility index (Phi) is 6.32. The van der Waals surface area contributed by atoms with E-state index in [1.807, 2.05) is 23.0 Å². The molecular formula is C17H25ClN2O3Si. The fourth-order valence-corrected chi connectivity index (χ4v) is 3.20. The van der Waals surface area contributed by atoms with Gasteiger partial charge in [0.1, 0.15) is 17.6 Å². The summed E-state index contributed by atoms with van der Waals surface area (Å²) in [6.45, 7) is 8.34. The van der Waals surface area contributed by atoms with E-state index in [1.165, 1.54) is 0 Å². The molecule has 0 saturated carbocycles. The molecule has 0 N–H and O–H groups in total. The molecule has 0 spiro atoms. The van der Waals surface area contributed by atoms with Gasteiger partial charge in [-0.2, -0.15) is 0 Å². The lowest BCUT2D eigenvalue weighted by Gasteiger charge is -2.15. The molecule has 0 atom stereocenters. The first-order valence-electron chi connectivity index (χ1n) is 7.86. The molecule has 0 aliphatic heterocycles. The van der Waals surface area contributed by atoms with Crippen LogP contribution in [0.25, 0.3) is 11.1 Å². The van der Waals surface area contributed by atoms with E-state index in [1.54, 1.807) is 20.3 Å². The Balaban J connectivity index is 2.13. The molecular weight excluding hydrogens is 344 g/mol. The molecule has 2 heterocycles. The second-order valence-electron chi connectivity index (χ2n) is 6.79. The van der Waals surface area contributed by atoms with Crippen molar-refractivity contribution in [2.45, 2.75) is 32.4 Å². The summed E-state index contributed by atoms with van der Waals surface area (Å²) < 4.78 is 18.6. The Morgan fingerprint density at radius 3 is 2.58 bits per heavy atom. The van der Waals surface area contributed by atoms with Crippen LogP contribution in [0.4, 0.5) is 0 Å². The van der Waals surface area contributed by atoms with Crippen molar-refractivity contribution in [1.82, 2.24) is 9.55 Å². The van der Waals surface area contributed by atoms with Gasteiger partial charge >= 0.3 is 0 Å². The van der Waals surface area contributed by atoms with Gasteiger partial charge in [0, 0.05) is 38.7 Å². The van der Waals surface area contributed by atoms with Crippen molar-refractivity contribution >= 4 is 19.7 Å². The van der Waals surface area contributed by atoms with Crippen LogP contribution in [0.5, 0.6) is 11.6 Å². The first-order chi connectivity index (χ1) is 11.3. The molecule has 0 unspecified atom stereocenters. The van der Waals surface area contributed by atoms with E-state index in [2.05, 4.69) is 24.6 Å². The highest BCUT2D eigenvalue weighted by molar-refractivity contribution is 6.76. The van der Waals surface area contributed by atoms with Gasteiger partial charge in [0.15, 0.2) is 0 Å². The van der Waals surface area contributed by atoms with Crippen LogP contribution in [-0.2, 0) is 11.5 Å². The molecule has 0 aromatic carbocycles. The molecule has 0 saturated heterocycles. The minimum absolute atomic E-state index is 0.335. The van der Waals surface area contributed by atoms with Gasteiger partial charge in [-0.25, -0.2) is 4.98 Å². The van der Waals surface area contributed by atoms with Gasteiger partial charge in [-0.05, 0) is 12.1 Å². The summed E-state index contributed by atoms with van der Waals surface area (Å²) >= 11 is 6.00. The number of pyridine rings is 1. The van der Waals surface area contributed by atoms with E-state index in [4.69, 9.17) is 25.8 Å². The molecule has 2 aromatic heterocycles. The normalized spacial score (nSPS) is 11.6. The van der Waals surface area contributed by atoms with E-state index in [-0.39, 0.29) is 0 Å². The maximum absolute atomic E-state index is 6.00. The van der Waals surface area contributed by atoms with Gasteiger partial charge in [0.25, 0.3) is 0 Å². The van der Waals surface area contributed by atoms with Crippen molar-refractivity contribution in [1.29, 1.82) is 0 Å². The van der Waals surface area contributed by atoms with Crippen LogP contribution in [0.2, 0.25) is 30.8 Å². The van der Waals surface area contributed by atoms with Crippen LogP contribution in [0.3, 0.4) is 0 Å². The van der Waals surface area contributed by atoms with Crippen molar-refractivity contribution in [3.8, 4) is 22.8 Å². The molecule has 132 valence electrons. The zero-order valence-corrected chi connectivity index (χ0v) is 16.7. The molecule has 2 aromatic rings.